The van der Waals surface area contributed by atoms with Gasteiger partial charge in [0.25, 0.3) is 0 Å². The number of nitriles is 1. The topological polar surface area (TPSA) is 45.9 Å². The van der Waals surface area contributed by atoms with Crippen LogP contribution in [0.15, 0.2) is 42.6 Å². The van der Waals surface area contributed by atoms with E-state index in [2.05, 4.69) is 15.8 Å². The summed E-state index contributed by atoms with van der Waals surface area (Å²) in [4.78, 5) is 4.25. The summed E-state index contributed by atoms with van der Waals surface area (Å²) in [6, 6.07) is 11.4. The van der Waals surface area contributed by atoms with Crippen LogP contribution in [0.2, 0.25) is 0 Å². The van der Waals surface area contributed by atoms with Gasteiger partial charge in [0.15, 0.2) is 0 Å². The van der Waals surface area contributed by atoms with Crippen molar-refractivity contribution in [2.45, 2.75) is 24.6 Å². The lowest BCUT2D eigenvalue weighted by Crippen LogP contribution is -2.17. The average molecular weight is 304 g/mol. The lowest BCUT2D eigenvalue weighted by molar-refractivity contribution is -0.274. The first-order valence-corrected chi connectivity index (χ1v) is 6.66. The van der Waals surface area contributed by atoms with E-state index in [0.29, 0.717) is 11.3 Å². The van der Waals surface area contributed by atoms with Gasteiger partial charge in [0, 0.05) is 11.8 Å². The fourth-order valence-electron chi connectivity index (χ4n) is 2.29. The zero-order chi connectivity index (χ0) is 15.8. The second kappa shape index (κ2) is 5.02. The summed E-state index contributed by atoms with van der Waals surface area (Å²) in [6.07, 6.45) is -1.47. The Hall–Kier alpha value is -2.55. The Bertz CT molecular complexity index is 728. The molecule has 3 rings (SSSR count). The molecule has 0 aliphatic heterocycles. The number of hydrogen-bond donors (Lipinski definition) is 0. The summed E-state index contributed by atoms with van der Waals surface area (Å²) in [5, 5.41) is 9.14. The van der Waals surface area contributed by atoms with Gasteiger partial charge in [0.2, 0.25) is 0 Å². The Balaban J connectivity index is 1.86. The summed E-state index contributed by atoms with van der Waals surface area (Å²) in [7, 11) is 0. The molecule has 0 N–H and O–H groups in total. The smallest absolute Gasteiger partial charge is 0.406 e. The van der Waals surface area contributed by atoms with E-state index in [9.17, 15) is 13.2 Å². The lowest BCUT2D eigenvalue weighted by Gasteiger charge is -2.10. The number of aromatic nitrogens is 1. The maximum Gasteiger partial charge on any atom is 0.573 e. The third-order valence-corrected chi connectivity index (χ3v) is 3.64. The maximum absolute atomic E-state index is 12.2. The molecule has 0 bridgehead atoms. The average Bonchev–Trinajstić information content (AvgIpc) is 3.27. The van der Waals surface area contributed by atoms with Crippen molar-refractivity contribution >= 4 is 0 Å². The molecule has 3 nitrogen and oxygen atoms in total. The predicted octanol–water partition coefficient (Wildman–Crippen LogP) is 4.20. The Morgan fingerprint density at radius 3 is 2.50 bits per heavy atom. The molecule has 2 aromatic rings. The van der Waals surface area contributed by atoms with Gasteiger partial charge < -0.3 is 4.74 Å². The van der Waals surface area contributed by atoms with Gasteiger partial charge in [0.05, 0.1) is 17.2 Å². The van der Waals surface area contributed by atoms with E-state index in [1.54, 1.807) is 24.4 Å². The highest BCUT2D eigenvalue weighted by Gasteiger charge is 2.45. The van der Waals surface area contributed by atoms with Crippen LogP contribution in [0.4, 0.5) is 13.2 Å². The first kappa shape index (κ1) is 14.4. The van der Waals surface area contributed by atoms with Crippen molar-refractivity contribution in [1.29, 1.82) is 5.26 Å². The number of ether oxygens (including phenoxy) is 1. The molecule has 112 valence electrons. The number of nitrogens with zero attached hydrogens (tertiary/aromatic N) is 2. The molecule has 1 saturated carbocycles. The van der Waals surface area contributed by atoms with Gasteiger partial charge in [-0.3, -0.25) is 4.98 Å². The Morgan fingerprint density at radius 2 is 1.95 bits per heavy atom. The molecular formula is C16H11F3N2O. The zero-order valence-corrected chi connectivity index (χ0v) is 11.4. The second-order valence-electron chi connectivity index (χ2n) is 5.20. The van der Waals surface area contributed by atoms with Crippen molar-refractivity contribution in [3.05, 3.63) is 48.2 Å². The fraction of sp³-hybridized carbons (Fsp3) is 0.250. The van der Waals surface area contributed by atoms with E-state index in [0.717, 1.165) is 18.4 Å². The first-order chi connectivity index (χ1) is 10.4. The van der Waals surface area contributed by atoms with Crippen LogP contribution < -0.4 is 4.74 Å². The van der Waals surface area contributed by atoms with Gasteiger partial charge in [-0.1, -0.05) is 18.2 Å². The summed E-state index contributed by atoms with van der Waals surface area (Å²) >= 11 is 0. The highest BCUT2D eigenvalue weighted by Crippen LogP contribution is 2.47. The van der Waals surface area contributed by atoms with Crippen LogP contribution in [0, 0.1) is 11.3 Å². The quantitative estimate of drug-likeness (QED) is 0.853. The molecule has 0 radical (unpaired) electrons. The third-order valence-electron chi connectivity index (χ3n) is 3.64. The summed E-state index contributed by atoms with van der Waals surface area (Å²) < 4.78 is 40.6. The number of pyridine rings is 1. The van der Waals surface area contributed by atoms with Crippen molar-refractivity contribution in [2.24, 2.45) is 0 Å². The van der Waals surface area contributed by atoms with Gasteiger partial charge >= 0.3 is 6.36 Å². The molecule has 1 aliphatic carbocycles. The third kappa shape index (κ3) is 2.89. The molecule has 1 heterocycles. The molecule has 0 saturated heterocycles. The molecule has 0 atom stereocenters. The number of halogens is 3. The summed E-state index contributed by atoms with van der Waals surface area (Å²) in [5.41, 5.74) is 1.48. The van der Waals surface area contributed by atoms with E-state index in [1.165, 1.54) is 18.2 Å². The molecule has 1 fully saturated rings. The monoisotopic (exact) mass is 304 g/mol. The number of rotatable bonds is 3. The molecule has 0 spiro atoms. The van der Waals surface area contributed by atoms with Crippen LogP contribution in [0.5, 0.6) is 5.75 Å². The highest BCUT2D eigenvalue weighted by molar-refractivity contribution is 5.61. The van der Waals surface area contributed by atoms with Crippen molar-refractivity contribution in [2.75, 3.05) is 0 Å². The van der Waals surface area contributed by atoms with Gasteiger partial charge in [-0.25, -0.2) is 0 Å². The summed E-state index contributed by atoms with van der Waals surface area (Å²) in [5.74, 6) is -0.286. The largest absolute Gasteiger partial charge is 0.573 e. The van der Waals surface area contributed by atoms with Crippen molar-refractivity contribution in [3.63, 3.8) is 0 Å². The lowest BCUT2D eigenvalue weighted by atomic mass is 9.99. The van der Waals surface area contributed by atoms with Crippen LogP contribution in [-0.2, 0) is 5.41 Å². The molecular weight excluding hydrogens is 293 g/mol. The van der Waals surface area contributed by atoms with Crippen LogP contribution in [0.25, 0.3) is 11.3 Å². The van der Waals surface area contributed by atoms with Crippen LogP contribution in [0.3, 0.4) is 0 Å². The van der Waals surface area contributed by atoms with Gasteiger partial charge in [0.1, 0.15) is 5.75 Å². The second-order valence-corrected chi connectivity index (χ2v) is 5.20. The highest BCUT2D eigenvalue weighted by atomic mass is 19.4. The molecule has 1 aliphatic rings. The minimum Gasteiger partial charge on any atom is -0.406 e. The van der Waals surface area contributed by atoms with Crippen molar-refractivity contribution < 1.29 is 17.9 Å². The Labute approximate surface area is 125 Å². The molecule has 6 heteroatoms. The van der Waals surface area contributed by atoms with Gasteiger partial charge in [-0.2, -0.15) is 5.26 Å². The first-order valence-electron chi connectivity index (χ1n) is 6.66. The Morgan fingerprint density at radius 1 is 1.18 bits per heavy atom. The fourth-order valence-corrected chi connectivity index (χ4v) is 2.29. The number of hydrogen-bond acceptors (Lipinski definition) is 3. The van der Waals surface area contributed by atoms with Gasteiger partial charge in [-0.15, -0.1) is 13.2 Å². The maximum atomic E-state index is 12.2. The Kier molecular flexibility index (Phi) is 3.28. The molecule has 22 heavy (non-hydrogen) atoms. The SMILES string of the molecule is N#CC1(c2ccc(-c3cccc(OC(F)(F)F)c3)nc2)CC1. The van der Waals surface area contributed by atoms with E-state index < -0.39 is 11.8 Å². The zero-order valence-electron chi connectivity index (χ0n) is 11.4. The predicted molar refractivity (Wildman–Crippen MR) is 72.9 cm³/mol. The number of benzene rings is 1. The van der Waals surface area contributed by atoms with Crippen LogP contribution in [0.1, 0.15) is 18.4 Å². The molecule has 0 amide bonds. The molecule has 1 aromatic carbocycles. The standard InChI is InChI=1S/C16H11F3N2O/c17-16(18,19)22-13-3-1-2-11(8-13)14-5-4-12(9-21-14)15(10-20)6-7-15/h1-5,8-9H,6-7H2. The van der Waals surface area contributed by atoms with Crippen LogP contribution in [-0.4, -0.2) is 11.3 Å². The molecule has 1 aromatic heterocycles. The minimum atomic E-state index is -4.72. The van der Waals surface area contributed by atoms with Crippen LogP contribution >= 0.6 is 0 Å². The van der Waals surface area contributed by atoms with Crippen molar-refractivity contribution in [1.82, 2.24) is 4.98 Å². The van der Waals surface area contributed by atoms with E-state index in [1.807, 2.05) is 0 Å². The minimum absolute atomic E-state index is 0.286. The van der Waals surface area contributed by atoms with Crippen molar-refractivity contribution in [3.8, 4) is 23.1 Å². The van der Waals surface area contributed by atoms with E-state index in [-0.39, 0.29) is 5.75 Å². The van der Waals surface area contributed by atoms with E-state index in [4.69, 9.17) is 5.26 Å². The summed E-state index contributed by atoms with van der Waals surface area (Å²) in [6.45, 7) is 0. The number of alkyl halides is 3. The van der Waals surface area contributed by atoms with Gasteiger partial charge in [-0.05, 0) is 36.6 Å². The molecule has 0 unspecified atom stereocenters. The van der Waals surface area contributed by atoms with E-state index >= 15 is 0 Å². The normalized spacial score (nSPS) is 15.9.